The molecule has 0 radical (unpaired) electrons. The zero-order chi connectivity index (χ0) is 12.3. The fourth-order valence-electron chi connectivity index (χ4n) is 2.10. The van der Waals surface area contributed by atoms with E-state index in [1.807, 2.05) is 6.92 Å². The number of hydrogen-bond acceptors (Lipinski definition) is 1. The molecule has 0 amide bonds. The number of rotatable bonds is 3. The summed E-state index contributed by atoms with van der Waals surface area (Å²) in [5.41, 5.74) is 1.95. The lowest BCUT2D eigenvalue weighted by Gasteiger charge is -2.35. The van der Waals surface area contributed by atoms with Crippen molar-refractivity contribution >= 4 is 5.97 Å². The van der Waals surface area contributed by atoms with Gasteiger partial charge in [0, 0.05) is 5.92 Å². The van der Waals surface area contributed by atoms with Crippen LogP contribution in [0.3, 0.4) is 0 Å². The van der Waals surface area contributed by atoms with Crippen molar-refractivity contribution < 1.29 is 9.90 Å². The molecule has 1 unspecified atom stereocenters. The molecule has 90 valence electrons. The maximum absolute atomic E-state index is 11.4. The van der Waals surface area contributed by atoms with Crippen molar-refractivity contribution in [3.63, 3.8) is 0 Å². The molecule has 2 heteroatoms. The Morgan fingerprint density at radius 3 is 2.81 bits per heavy atom. The van der Waals surface area contributed by atoms with Crippen LogP contribution in [0.5, 0.6) is 0 Å². The first kappa shape index (κ1) is 13.0. The first-order chi connectivity index (χ1) is 7.40. The Morgan fingerprint density at radius 2 is 2.31 bits per heavy atom. The fourth-order valence-corrected chi connectivity index (χ4v) is 2.10. The van der Waals surface area contributed by atoms with Crippen molar-refractivity contribution in [2.24, 2.45) is 11.3 Å². The highest BCUT2D eigenvalue weighted by molar-refractivity contribution is 5.75. The molecule has 0 saturated heterocycles. The van der Waals surface area contributed by atoms with Crippen molar-refractivity contribution in [2.75, 3.05) is 0 Å². The fraction of sp³-hybridized carbons (Fsp3) is 0.643. The van der Waals surface area contributed by atoms with E-state index in [4.69, 9.17) is 0 Å². The summed E-state index contributed by atoms with van der Waals surface area (Å²) in [6.45, 7) is 8.12. The number of carboxylic acids is 1. The van der Waals surface area contributed by atoms with Crippen LogP contribution in [0.15, 0.2) is 23.3 Å². The number of carboxylic acid groups (broad SMARTS) is 1. The highest BCUT2D eigenvalue weighted by Crippen LogP contribution is 2.41. The van der Waals surface area contributed by atoms with Crippen LogP contribution in [0, 0.1) is 11.3 Å². The summed E-state index contributed by atoms with van der Waals surface area (Å²) < 4.78 is 0. The highest BCUT2D eigenvalue weighted by atomic mass is 16.4. The molecule has 0 aromatic rings. The predicted molar refractivity (Wildman–Crippen MR) is 66.3 cm³/mol. The summed E-state index contributed by atoms with van der Waals surface area (Å²) in [5, 5.41) is 9.38. The normalized spacial score (nSPS) is 31.1. The van der Waals surface area contributed by atoms with Crippen molar-refractivity contribution in [2.45, 2.75) is 47.0 Å². The van der Waals surface area contributed by atoms with Crippen LogP contribution in [0.2, 0.25) is 0 Å². The van der Waals surface area contributed by atoms with Gasteiger partial charge in [0.2, 0.25) is 0 Å². The Kier molecular flexibility index (Phi) is 3.95. The summed E-state index contributed by atoms with van der Waals surface area (Å²) in [6.07, 6.45) is 6.87. The third-order valence-corrected chi connectivity index (χ3v) is 3.75. The minimum absolute atomic E-state index is 0.0405. The van der Waals surface area contributed by atoms with Crippen molar-refractivity contribution in [3.05, 3.63) is 23.3 Å². The topological polar surface area (TPSA) is 37.3 Å². The average molecular weight is 222 g/mol. The molecule has 16 heavy (non-hydrogen) atoms. The molecule has 0 aromatic carbocycles. The minimum atomic E-state index is -0.679. The van der Waals surface area contributed by atoms with Crippen molar-refractivity contribution in [1.29, 1.82) is 0 Å². The van der Waals surface area contributed by atoms with Gasteiger partial charge in [0.25, 0.3) is 0 Å². The van der Waals surface area contributed by atoms with E-state index in [0.29, 0.717) is 0 Å². The monoisotopic (exact) mass is 222 g/mol. The van der Waals surface area contributed by atoms with Gasteiger partial charge in [0.1, 0.15) is 0 Å². The third kappa shape index (κ3) is 2.55. The lowest BCUT2D eigenvalue weighted by Crippen LogP contribution is -2.36. The van der Waals surface area contributed by atoms with Crippen LogP contribution in [-0.2, 0) is 4.79 Å². The Bertz CT molecular complexity index is 339. The van der Waals surface area contributed by atoms with E-state index in [2.05, 4.69) is 32.9 Å². The zero-order valence-electron chi connectivity index (χ0n) is 10.7. The van der Waals surface area contributed by atoms with Gasteiger partial charge < -0.3 is 5.11 Å². The van der Waals surface area contributed by atoms with Crippen molar-refractivity contribution in [3.8, 4) is 0 Å². The highest BCUT2D eigenvalue weighted by Gasteiger charge is 2.40. The molecule has 0 spiro atoms. The molecular weight excluding hydrogens is 200 g/mol. The summed E-state index contributed by atoms with van der Waals surface area (Å²) in [6, 6.07) is 0. The third-order valence-electron chi connectivity index (χ3n) is 3.75. The van der Waals surface area contributed by atoms with Crippen LogP contribution in [-0.4, -0.2) is 11.1 Å². The second kappa shape index (κ2) is 4.86. The number of allylic oxidation sites excluding steroid dienone is 4. The molecular formula is C14H22O2. The van der Waals surface area contributed by atoms with Gasteiger partial charge in [-0.1, -0.05) is 30.2 Å². The first-order valence-corrected chi connectivity index (χ1v) is 5.98. The van der Waals surface area contributed by atoms with E-state index in [1.165, 1.54) is 11.1 Å². The van der Waals surface area contributed by atoms with Gasteiger partial charge in [-0.3, -0.25) is 4.79 Å². The molecule has 0 saturated carbocycles. The molecule has 1 N–H and O–H groups in total. The number of carbonyl (C=O) groups is 1. The van der Waals surface area contributed by atoms with E-state index in [9.17, 15) is 9.90 Å². The second-order valence-corrected chi connectivity index (χ2v) is 5.13. The van der Waals surface area contributed by atoms with E-state index in [0.717, 1.165) is 19.3 Å². The maximum atomic E-state index is 11.4. The van der Waals surface area contributed by atoms with Gasteiger partial charge >= 0.3 is 5.97 Å². The molecule has 1 aliphatic rings. The summed E-state index contributed by atoms with van der Waals surface area (Å²) in [7, 11) is 0. The molecule has 0 bridgehead atoms. The Morgan fingerprint density at radius 1 is 1.69 bits per heavy atom. The number of aliphatic carboxylic acids is 1. The van der Waals surface area contributed by atoms with E-state index >= 15 is 0 Å². The van der Waals surface area contributed by atoms with E-state index in [-0.39, 0.29) is 5.92 Å². The molecule has 0 fully saturated rings. The Labute approximate surface area is 98.1 Å². The molecule has 1 aliphatic carbocycles. The number of hydrogen-bond donors (Lipinski definition) is 1. The molecule has 2 nitrogen and oxygen atoms in total. The van der Waals surface area contributed by atoms with E-state index < -0.39 is 11.4 Å². The van der Waals surface area contributed by atoms with Crippen LogP contribution in [0.4, 0.5) is 0 Å². The molecule has 2 atom stereocenters. The SMILES string of the molecule is CCC(C)=CC1C=C(C)CC[C@]1(C)C(=O)O. The largest absolute Gasteiger partial charge is 0.481 e. The van der Waals surface area contributed by atoms with Gasteiger partial charge in [-0.15, -0.1) is 0 Å². The lowest BCUT2D eigenvalue weighted by molar-refractivity contribution is -0.150. The van der Waals surface area contributed by atoms with Gasteiger partial charge in [-0.2, -0.15) is 0 Å². The van der Waals surface area contributed by atoms with Crippen LogP contribution < -0.4 is 0 Å². The summed E-state index contributed by atoms with van der Waals surface area (Å²) in [5.74, 6) is -0.639. The lowest BCUT2D eigenvalue weighted by atomic mass is 9.68. The van der Waals surface area contributed by atoms with Crippen LogP contribution in [0.1, 0.15) is 47.0 Å². The van der Waals surface area contributed by atoms with Gasteiger partial charge in [-0.05, 0) is 40.0 Å². The molecule has 0 heterocycles. The average Bonchev–Trinajstić information content (AvgIpc) is 2.23. The summed E-state index contributed by atoms with van der Waals surface area (Å²) in [4.78, 5) is 11.4. The first-order valence-electron chi connectivity index (χ1n) is 5.98. The van der Waals surface area contributed by atoms with Crippen LogP contribution >= 0.6 is 0 Å². The van der Waals surface area contributed by atoms with E-state index in [1.54, 1.807) is 0 Å². The van der Waals surface area contributed by atoms with Gasteiger partial charge in [0.15, 0.2) is 0 Å². The second-order valence-electron chi connectivity index (χ2n) is 5.13. The summed E-state index contributed by atoms with van der Waals surface area (Å²) >= 11 is 0. The van der Waals surface area contributed by atoms with Crippen molar-refractivity contribution in [1.82, 2.24) is 0 Å². The molecule has 0 aromatic heterocycles. The molecule has 1 rings (SSSR count). The quantitative estimate of drug-likeness (QED) is 0.738. The van der Waals surface area contributed by atoms with Crippen LogP contribution in [0.25, 0.3) is 0 Å². The smallest absolute Gasteiger partial charge is 0.310 e. The van der Waals surface area contributed by atoms with Gasteiger partial charge in [0.05, 0.1) is 5.41 Å². The predicted octanol–water partition coefficient (Wildman–Crippen LogP) is 3.79. The maximum Gasteiger partial charge on any atom is 0.310 e. The minimum Gasteiger partial charge on any atom is -0.481 e. The standard InChI is InChI=1S/C14H22O2/c1-5-10(2)8-12-9-11(3)6-7-14(12,4)13(15)16/h8-9,12H,5-7H2,1-4H3,(H,15,16)/t12?,14-/m0/s1. The Hall–Kier alpha value is -1.05. The molecule has 0 aliphatic heterocycles. The Balaban J connectivity index is 3.07. The zero-order valence-corrected chi connectivity index (χ0v) is 10.7. The van der Waals surface area contributed by atoms with Gasteiger partial charge in [-0.25, -0.2) is 0 Å².